The summed E-state index contributed by atoms with van der Waals surface area (Å²) >= 11 is 0. The highest BCUT2D eigenvalue weighted by Crippen LogP contribution is 1.98. The van der Waals surface area contributed by atoms with E-state index in [2.05, 4.69) is 6.92 Å². The van der Waals surface area contributed by atoms with Crippen molar-refractivity contribution in [3.63, 3.8) is 0 Å². The van der Waals surface area contributed by atoms with Gasteiger partial charge in [0, 0.05) is 13.2 Å². The zero-order valence-electron chi connectivity index (χ0n) is 8.96. The quantitative estimate of drug-likeness (QED) is 0.602. The maximum absolute atomic E-state index is 7.62. The molecule has 2 N–H and O–H groups in total. The van der Waals surface area contributed by atoms with Gasteiger partial charge in [-0.05, 0) is 13.3 Å². The molecule has 82 valence electrons. The smallest absolute Gasteiger partial charge is 0.0662 e. The average molecular weight is 192 g/mol. The Morgan fingerprint density at radius 3 is 1.92 bits per heavy atom. The van der Waals surface area contributed by atoms with E-state index >= 15 is 0 Å². The second-order valence-corrected chi connectivity index (χ2v) is 2.70. The Kier molecular flexibility index (Phi) is 21.1. The molecule has 0 unspecified atom stereocenters. The lowest BCUT2D eigenvalue weighted by atomic mass is 10.2. The minimum atomic E-state index is -0.125. The zero-order chi connectivity index (χ0) is 10.4. The molecule has 0 amide bonds. The largest absolute Gasteiger partial charge is 0.394 e. The van der Waals surface area contributed by atoms with E-state index in [1.165, 1.54) is 25.7 Å². The van der Waals surface area contributed by atoms with Gasteiger partial charge in [-0.15, -0.1) is 0 Å². The first kappa shape index (κ1) is 15.4. The van der Waals surface area contributed by atoms with Crippen LogP contribution in [0.15, 0.2) is 0 Å². The second kappa shape index (κ2) is 17.8. The number of unbranched alkanes of at least 4 members (excludes halogenated alkanes) is 3. The van der Waals surface area contributed by atoms with Crippen LogP contribution >= 0.6 is 0 Å². The van der Waals surface area contributed by atoms with Gasteiger partial charge in [0.05, 0.1) is 13.2 Å². The highest BCUT2D eigenvalue weighted by molar-refractivity contribution is 4.37. The van der Waals surface area contributed by atoms with Gasteiger partial charge in [-0.25, -0.2) is 0 Å². The first-order valence-electron chi connectivity index (χ1n) is 5.12. The molecule has 0 heterocycles. The molecule has 13 heavy (non-hydrogen) atoms. The minimum Gasteiger partial charge on any atom is -0.394 e. The fourth-order valence-corrected chi connectivity index (χ4v) is 0.775. The van der Waals surface area contributed by atoms with Crippen molar-refractivity contribution in [2.75, 3.05) is 26.4 Å². The first-order chi connectivity index (χ1) is 6.33. The SMILES string of the molecule is CCCCCCOCC.OCCO. The predicted octanol–water partition coefficient (Wildman–Crippen LogP) is 1.57. The van der Waals surface area contributed by atoms with E-state index in [1.54, 1.807) is 0 Å². The molecule has 0 atom stereocenters. The summed E-state index contributed by atoms with van der Waals surface area (Å²) in [7, 11) is 0. The van der Waals surface area contributed by atoms with Crippen molar-refractivity contribution in [1.82, 2.24) is 0 Å². The van der Waals surface area contributed by atoms with Crippen molar-refractivity contribution < 1.29 is 14.9 Å². The van der Waals surface area contributed by atoms with Crippen LogP contribution in [-0.2, 0) is 4.74 Å². The Hall–Kier alpha value is -0.120. The molecule has 0 rings (SSSR count). The van der Waals surface area contributed by atoms with Crippen LogP contribution < -0.4 is 0 Å². The van der Waals surface area contributed by atoms with Crippen molar-refractivity contribution in [2.45, 2.75) is 39.5 Å². The summed E-state index contributed by atoms with van der Waals surface area (Å²) in [6.45, 7) is 5.84. The molecule has 0 spiro atoms. The van der Waals surface area contributed by atoms with E-state index < -0.39 is 0 Å². The van der Waals surface area contributed by atoms with Gasteiger partial charge in [-0.3, -0.25) is 0 Å². The number of aliphatic hydroxyl groups excluding tert-OH is 2. The molecule has 0 aromatic carbocycles. The van der Waals surface area contributed by atoms with Gasteiger partial charge in [0.1, 0.15) is 0 Å². The van der Waals surface area contributed by atoms with E-state index in [-0.39, 0.29) is 13.2 Å². The van der Waals surface area contributed by atoms with E-state index in [4.69, 9.17) is 14.9 Å². The van der Waals surface area contributed by atoms with Gasteiger partial charge in [-0.1, -0.05) is 26.2 Å². The summed E-state index contributed by atoms with van der Waals surface area (Å²) < 4.78 is 5.18. The van der Waals surface area contributed by atoms with Gasteiger partial charge in [-0.2, -0.15) is 0 Å². The number of ether oxygens (including phenoxy) is 1. The Morgan fingerprint density at radius 2 is 1.54 bits per heavy atom. The third-order valence-electron chi connectivity index (χ3n) is 1.45. The van der Waals surface area contributed by atoms with Crippen molar-refractivity contribution >= 4 is 0 Å². The fourth-order valence-electron chi connectivity index (χ4n) is 0.775. The van der Waals surface area contributed by atoms with Crippen LogP contribution in [0.1, 0.15) is 39.5 Å². The summed E-state index contributed by atoms with van der Waals surface area (Å²) in [5.41, 5.74) is 0. The van der Waals surface area contributed by atoms with Crippen LogP contribution in [-0.4, -0.2) is 36.6 Å². The summed E-state index contributed by atoms with van der Waals surface area (Å²) in [4.78, 5) is 0. The van der Waals surface area contributed by atoms with Gasteiger partial charge in [0.25, 0.3) is 0 Å². The Labute approximate surface area is 81.7 Å². The van der Waals surface area contributed by atoms with Crippen LogP contribution in [0.2, 0.25) is 0 Å². The molecular formula is C10H24O3. The highest BCUT2D eigenvalue weighted by Gasteiger charge is 1.85. The summed E-state index contributed by atoms with van der Waals surface area (Å²) in [5, 5.41) is 15.2. The van der Waals surface area contributed by atoms with Gasteiger partial charge < -0.3 is 14.9 Å². The van der Waals surface area contributed by atoms with Gasteiger partial charge in [0.2, 0.25) is 0 Å². The molecule has 0 radical (unpaired) electrons. The summed E-state index contributed by atoms with van der Waals surface area (Å²) in [6, 6.07) is 0. The van der Waals surface area contributed by atoms with E-state index in [0.717, 1.165) is 13.2 Å². The van der Waals surface area contributed by atoms with Crippen LogP contribution in [0, 0.1) is 0 Å². The normalized spacial score (nSPS) is 9.23. The van der Waals surface area contributed by atoms with Crippen molar-refractivity contribution in [1.29, 1.82) is 0 Å². The van der Waals surface area contributed by atoms with Crippen molar-refractivity contribution in [3.05, 3.63) is 0 Å². The van der Waals surface area contributed by atoms with E-state index in [0.29, 0.717) is 0 Å². The maximum atomic E-state index is 7.62. The lowest BCUT2D eigenvalue weighted by molar-refractivity contribution is 0.143. The first-order valence-corrected chi connectivity index (χ1v) is 5.12. The second-order valence-electron chi connectivity index (χ2n) is 2.70. The Balaban J connectivity index is 0. The number of hydrogen-bond acceptors (Lipinski definition) is 3. The fraction of sp³-hybridized carbons (Fsp3) is 1.00. The molecule has 0 bridgehead atoms. The number of rotatable bonds is 7. The minimum absolute atomic E-state index is 0.125. The standard InChI is InChI=1S/C8H18O.C2H6O2/c1-3-5-6-7-8-9-4-2;3-1-2-4/h3-8H2,1-2H3;3-4H,1-2H2. The van der Waals surface area contributed by atoms with E-state index in [9.17, 15) is 0 Å². The molecule has 0 aliphatic carbocycles. The molecule has 3 heteroatoms. The zero-order valence-corrected chi connectivity index (χ0v) is 8.96. The number of aliphatic hydroxyl groups is 2. The average Bonchev–Trinajstić information content (AvgIpc) is 2.18. The van der Waals surface area contributed by atoms with Crippen molar-refractivity contribution in [3.8, 4) is 0 Å². The van der Waals surface area contributed by atoms with Crippen LogP contribution in [0.3, 0.4) is 0 Å². The molecule has 0 aliphatic heterocycles. The van der Waals surface area contributed by atoms with Crippen molar-refractivity contribution in [2.24, 2.45) is 0 Å². The van der Waals surface area contributed by atoms with E-state index in [1.807, 2.05) is 6.92 Å². The van der Waals surface area contributed by atoms with Crippen LogP contribution in [0.4, 0.5) is 0 Å². The van der Waals surface area contributed by atoms with Crippen LogP contribution in [0.5, 0.6) is 0 Å². The third kappa shape index (κ3) is 24.5. The molecule has 0 aromatic heterocycles. The molecule has 3 nitrogen and oxygen atoms in total. The maximum Gasteiger partial charge on any atom is 0.0662 e. The highest BCUT2D eigenvalue weighted by atomic mass is 16.5. The topological polar surface area (TPSA) is 49.7 Å². The van der Waals surface area contributed by atoms with Crippen LogP contribution in [0.25, 0.3) is 0 Å². The Bertz CT molecular complexity index is 59.2. The lowest BCUT2D eigenvalue weighted by Crippen LogP contribution is -1.92. The van der Waals surface area contributed by atoms with Gasteiger partial charge in [0.15, 0.2) is 0 Å². The third-order valence-corrected chi connectivity index (χ3v) is 1.45. The molecule has 0 fully saturated rings. The predicted molar refractivity (Wildman–Crippen MR) is 54.8 cm³/mol. The molecule has 0 saturated heterocycles. The monoisotopic (exact) mass is 192 g/mol. The molecular weight excluding hydrogens is 168 g/mol. The molecule has 0 aromatic rings. The summed E-state index contributed by atoms with van der Waals surface area (Å²) in [6.07, 6.45) is 5.23. The summed E-state index contributed by atoms with van der Waals surface area (Å²) in [5.74, 6) is 0. The Morgan fingerprint density at radius 1 is 0.923 bits per heavy atom. The molecule has 0 aliphatic rings. The lowest BCUT2D eigenvalue weighted by Gasteiger charge is -1.98. The van der Waals surface area contributed by atoms with Gasteiger partial charge >= 0.3 is 0 Å². The molecule has 0 saturated carbocycles. The number of hydrogen-bond donors (Lipinski definition) is 2.